The number of hydrogen-bond donors (Lipinski definition) is 0. The Bertz CT molecular complexity index is 1190. The zero-order valence-corrected chi connectivity index (χ0v) is 19.0. The molecule has 1 saturated heterocycles. The largest absolute Gasteiger partial charge is 0.342 e. The molecule has 1 aromatic carbocycles. The van der Waals surface area contributed by atoms with E-state index in [9.17, 15) is 14.4 Å². The number of hydrogen-bond acceptors (Lipinski definition) is 4. The minimum absolute atomic E-state index is 0.0295. The molecule has 1 aliphatic carbocycles. The molecule has 33 heavy (non-hydrogen) atoms. The highest BCUT2D eigenvalue weighted by atomic mass is 35.5. The Morgan fingerprint density at radius 3 is 2.45 bits per heavy atom. The van der Waals surface area contributed by atoms with Crippen LogP contribution in [0, 0.1) is 0 Å². The van der Waals surface area contributed by atoms with Crippen LogP contribution in [-0.4, -0.2) is 52.1 Å². The lowest BCUT2D eigenvalue weighted by atomic mass is 9.88. The number of carbonyl (C=O) groups excluding carboxylic acids is 3. The van der Waals surface area contributed by atoms with Gasteiger partial charge in [-0.25, -0.2) is 0 Å². The van der Waals surface area contributed by atoms with Crippen molar-refractivity contribution in [3.8, 4) is 0 Å². The Hall–Kier alpha value is -3.25. The topological polar surface area (TPSA) is 70.6 Å². The monoisotopic (exact) mass is 461 g/mol. The first-order chi connectivity index (χ1) is 16.0. The molecule has 1 fully saturated rings. The number of halogens is 1. The number of likely N-dealkylation sites (tertiary alicyclic amines) is 1. The van der Waals surface area contributed by atoms with Crippen molar-refractivity contribution in [3.63, 3.8) is 0 Å². The van der Waals surface area contributed by atoms with Gasteiger partial charge < -0.3 is 4.90 Å². The molecule has 168 valence electrons. The van der Waals surface area contributed by atoms with Gasteiger partial charge in [0.05, 0.1) is 5.69 Å². The van der Waals surface area contributed by atoms with E-state index in [1.165, 1.54) is 40.0 Å². The molecule has 7 heteroatoms. The van der Waals surface area contributed by atoms with E-state index >= 15 is 0 Å². The standard InChI is InChI=1S/C26H24ClN3O3/c27-20-5-6-21-19(16-20)4-3-18-2-1-12-28-26(18)25(21)17-9-13-29(14-10-17)22(31)11-15-30-23(32)7-8-24(30)33/h1-2,5-8,12,16H,3-4,9-11,13-15H2. The Morgan fingerprint density at radius 2 is 1.70 bits per heavy atom. The van der Waals surface area contributed by atoms with Crippen LogP contribution in [0.1, 0.15) is 41.6 Å². The first-order valence-electron chi connectivity index (χ1n) is 11.3. The molecule has 2 aliphatic heterocycles. The summed E-state index contributed by atoms with van der Waals surface area (Å²) in [6.45, 7) is 1.35. The number of aromatic nitrogens is 1. The second kappa shape index (κ2) is 8.94. The Morgan fingerprint density at radius 1 is 0.970 bits per heavy atom. The lowest BCUT2D eigenvalue weighted by Crippen LogP contribution is -2.39. The number of amides is 3. The minimum atomic E-state index is -0.350. The average molecular weight is 462 g/mol. The predicted octanol–water partition coefficient (Wildman–Crippen LogP) is 3.57. The van der Waals surface area contributed by atoms with E-state index in [4.69, 9.17) is 16.6 Å². The van der Waals surface area contributed by atoms with Gasteiger partial charge in [-0.05, 0) is 60.6 Å². The summed E-state index contributed by atoms with van der Waals surface area (Å²) >= 11 is 6.30. The number of pyridine rings is 1. The van der Waals surface area contributed by atoms with Gasteiger partial charge in [0.2, 0.25) is 5.91 Å². The summed E-state index contributed by atoms with van der Waals surface area (Å²) in [5.41, 5.74) is 7.17. The van der Waals surface area contributed by atoms with E-state index in [1.54, 1.807) is 0 Å². The van der Waals surface area contributed by atoms with Crippen LogP contribution in [0.3, 0.4) is 0 Å². The van der Waals surface area contributed by atoms with Crippen molar-refractivity contribution >= 4 is 34.9 Å². The van der Waals surface area contributed by atoms with E-state index in [2.05, 4.69) is 18.2 Å². The number of benzene rings is 1. The second-order valence-electron chi connectivity index (χ2n) is 8.58. The highest BCUT2D eigenvalue weighted by Crippen LogP contribution is 2.38. The zero-order valence-electron chi connectivity index (χ0n) is 18.2. The highest BCUT2D eigenvalue weighted by molar-refractivity contribution is 6.30. The van der Waals surface area contributed by atoms with Crippen molar-refractivity contribution in [2.24, 2.45) is 0 Å². The molecule has 0 radical (unpaired) electrons. The molecular weight excluding hydrogens is 438 g/mol. The maximum absolute atomic E-state index is 12.8. The first kappa shape index (κ1) is 21.6. The maximum Gasteiger partial charge on any atom is 0.253 e. The van der Waals surface area contributed by atoms with Gasteiger partial charge in [0.15, 0.2) is 0 Å². The predicted molar refractivity (Wildman–Crippen MR) is 125 cm³/mol. The van der Waals surface area contributed by atoms with Crippen molar-refractivity contribution in [1.82, 2.24) is 14.8 Å². The lowest BCUT2D eigenvalue weighted by Gasteiger charge is -2.31. The molecule has 0 atom stereocenters. The number of rotatable bonds is 3. The molecule has 1 aromatic heterocycles. The lowest BCUT2D eigenvalue weighted by molar-refractivity contribution is -0.138. The van der Waals surface area contributed by atoms with Crippen LogP contribution in [0.5, 0.6) is 0 Å². The number of fused-ring (bicyclic) bond motifs is 2. The first-order valence-corrected chi connectivity index (χ1v) is 11.7. The molecular formula is C26H24ClN3O3. The highest BCUT2D eigenvalue weighted by Gasteiger charge is 2.28. The normalized spacial score (nSPS) is 17.8. The molecule has 0 N–H and O–H groups in total. The minimum Gasteiger partial charge on any atom is -0.342 e. The van der Waals surface area contributed by atoms with Crippen LogP contribution in [-0.2, 0) is 27.2 Å². The van der Waals surface area contributed by atoms with Crippen molar-refractivity contribution in [2.75, 3.05) is 19.6 Å². The van der Waals surface area contributed by atoms with Gasteiger partial charge >= 0.3 is 0 Å². The molecule has 0 bridgehead atoms. The number of nitrogens with zero attached hydrogens (tertiary/aromatic N) is 3. The van der Waals surface area contributed by atoms with E-state index in [0.717, 1.165) is 41.3 Å². The average Bonchev–Trinajstić information content (AvgIpc) is 3.05. The Kier molecular flexibility index (Phi) is 5.85. The Balaban J connectivity index is 1.36. The summed E-state index contributed by atoms with van der Waals surface area (Å²) in [7, 11) is 0. The van der Waals surface area contributed by atoms with E-state index in [1.807, 2.05) is 23.2 Å². The van der Waals surface area contributed by atoms with Crippen molar-refractivity contribution in [3.05, 3.63) is 81.7 Å². The molecule has 2 aromatic rings. The molecule has 6 nitrogen and oxygen atoms in total. The quantitative estimate of drug-likeness (QED) is 0.655. The second-order valence-corrected chi connectivity index (χ2v) is 9.02. The third-order valence-electron chi connectivity index (χ3n) is 6.65. The van der Waals surface area contributed by atoms with E-state index in [0.29, 0.717) is 13.1 Å². The summed E-state index contributed by atoms with van der Waals surface area (Å²) in [4.78, 5) is 43.9. The Labute approximate surface area is 197 Å². The van der Waals surface area contributed by atoms with Crippen LogP contribution < -0.4 is 0 Å². The van der Waals surface area contributed by atoms with Crippen molar-refractivity contribution in [2.45, 2.75) is 32.1 Å². The van der Waals surface area contributed by atoms with Crippen LogP contribution in [0.4, 0.5) is 0 Å². The number of carbonyl (C=O) groups is 3. The SMILES string of the molecule is O=C(CCN1C(=O)C=CC1=O)N1CCC(=C2c3ccc(Cl)cc3CCc3cccnc32)CC1. The third kappa shape index (κ3) is 4.23. The summed E-state index contributed by atoms with van der Waals surface area (Å²) in [5.74, 6) is -0.730. The number of imide groups is 1. The summed E-state index contributed by atoms with van der Waals surface area (Å²) in [6, 6.07) is 10.2. The summed E-state index contributed by atoms with van der Waals surface area (Å²) in [6.07, 6.45) is 7.85. The van der Waals surface area contributed by atoms with Gasteiger partial charge in [-0.1, -0.05) is 29.3 Å². The van der Waals surface area contributed by atoms with Crippen LogP contribution in [0.15, 0.2) is 54.3 Å². The maximum atomic E-state index is 12.8. The van der Waals surface area contributed by atoms with Crippen molar-refractivity contribution < 1.29 is 14.4 Å². The smallest absolute Gasteiger partial charge is 0.253 e. The van der Waals surface area contributed by atoms with E-state index in [-0.39, 0.29) is 30.7 Å². The molecule has 0 unspecified atom stereocenters. The van der Waals surface area contributed by atoms with Gasteiger partial charge in [-0.2, -0.15) is 0 Å². The third-order valence-corrected chi connectivity index (χ3v) is 6.89. The fraction of sp³-hybridized carbons (Fsp3) is 0.308. The molecule has 3 amide bonds. The molecule has 0 saturated carbocycles. The molecule has 3 heterocycles. The molecule has 3 aliphatic rings. The van der Waals surface area contributed by atoms with Crippen LogP contribution >= 0.6 is 11.6 Å². The summed E-state index contributed by atoms with van der Waals surface area (Å²) in [5, 5.41) is 0.739. The van der Waals surface area contributed by atoms with Crippen LogP contribution in [0.25, 0.3) is 5.57 Å². The van der Waals surface area contributed by atoms with Gasteiger partial charge in [0.1, 0.15) is 0 Å². The van der Waals surface area contributed by atoms with E-state index < -0.39 is 0 Å². The van der Waals surface area contributed by atoms with Gasteiger partial charge in [-0.3, -0.25) is 24.3 Å². The van der Waals surface area contributed by atoms with Crippen LogP contribution in [0.2, 0.25) is 5.02 Å². The molecule has 5 rings (SSSR count). The number of aryl methyl sites for hydroxylation is 2. The van der Waals surface area contributed by atoms with Gasteiger partial charge in [0, 0.05) is 55.0 Å². The van der Waals surface area contributed by atoms with Gasteiger partial charge in [-0.15, -0.1) is 0 Å². The fourth-order valence-electron chi connectivity index (χ4n) is 4.93. The summed E-state index contributed by atoms with van der Waals surface area (Å²) < 4.78 is 0. The van der Waals surface area contributed by atoms with Crippen molar-refractivity contribution in [1.29, 1.82) is 0 Å². The molecule has 0 spiro atoms. The number of piperidine rings is 1. The fourth-order valence-corrected chi connectivity index (χ4v) is 5.12. The zero-order chi connectivity index (χ0) is 22.9. The van der Waals surface area contributed by atoms with Gasteiger partial charge in [0.25, 0.3) is 11.8 Å².